The van der Waals surface area contributed by atoms with Crippen molar-refractivity contribution >= 4 is 34.5 Å². The van der Waals surface area contributed by atoms with Crippen LogP contribution in [0.2, 0.25) is 0 Å². The number of allylic oxidation sites excluding steroid dienone is 3. The summed E-state index contributed by atoms with van der Waals surface area (Å²) in [5.74, 6) is 0. The van der Waals surface area contributed by atoms with E-state index in [1.165, 1.54) is 17.2 Å². The molecule has 132 valence electrons. The van der Waals surface area contributed by atoms with E-state index >= 15 is 0 Å². The van der Waals surface area contributed by atoms with Gasteiger partial charge in [-0.05, 0) is 66.5 Å². The molecule has 1 unspecified atom stereocenters. The van der Waals surface area contributed by atoms with Crippen LogP contribution in [0.15, 0.2) is 41.8 Å². The average molecular weight is 356 g/mol. The Morgan fingerprint density at radius 1 is 1.44 bits per heavy atom. The largest absolute Gasteiger partial charge is 0.395 e. The zero-order chi connectivity index (χ0) is 17.6. The van der Waals surface area contributed by atoms with E-state index in [-0.39, 0.29) is 12.6 Å². The number of likely N-dealkylation sites (tertiary alicyclic amines) is 1. The topological polar surface area (TPSA) is 56.3 Å². The predicted octanol–water partition coefficient (Wildman–Crippen LogP) is 3.58. The molecule has 0 spiro atoms. The first-order valence-electron chi connectivity index (χ1n) is 8.57. The second kappa shape index (κ2) is 8.52. The number of carbonyl (C=O) groups is 1. The van der Waals surface area contributed by atoms with E-state index in [2.05, 4.69) is 34.1 Å². The van der Waals surface area contributed by atoms with Crippen LogP contribution in [0.4, 0.5) is 0 Å². The molecular formula is C20H24N2O2S. The Labute approximate surface area is 152 Å². The summed E-state index contributed by atoms with van der Waals surface area (Å²) in [5, 5.41) is 12.7. The summed E-state index contributed by atoms with van der Waals surface area (Å²) in [5.41, 5.74) is 4.41. The molecule has 1 aromatic heterocycles. The van der Waals surface area contributed by atoms with E-state index in [9.17, 15) is 9.90 Å². The van der Waals surface area contributed by atoms with Gasteiger partial charge in [0.2, 0.25) is 0 Å². The predicted molar refractivity (Wildman–Crippen MR) is 106 cm³/mol. The van der Waals surface area contributed by atoms with Crippen molar-refractivity contribution in [2.24, 2.45) is 0 Å². The van der Waals surface area contributed by atoms with Crippen molar-refractivity contribution in [2.75, 3.05) is 19.4 Å². The standard InChI is InChI=1S/C20H24N2O2S/c1-25-14-16(4-3-9-23)15-6-7-20-17(10-15)11-18(21-20)12-22-8-2-5-19(22)13-24/h3-4,6-7,9-11,14,19,21,24H,2,5,8,12-13H2,1H3/b4-3+,16-14+. The number of aldehydes is 1. The van der Waals surface area contributed by atoms with Gasteiger partial charge in [0, 0.05) is 29.2 Å². The number of hydrogen-bond acceptors (Lipinski definition) is 4. The summed E-state index contributed by atoms with van der Waals surface area (Å²) in [6.45, 7) is 2.12. The number of aromatic nitrogens is 1. The molecule has 1 fully saturated rings. The van der Waals surface area contributed by atoms with Crippen LogP contribution in [0.5, 0.6) is 0 Å². The molecule has 0 saturated carbocycles. The molecular weight excluding hydrogens is 332 g/mol. The smallest absolute Gasteiger partial charge is 0.142 e. The Hall–Kier alpha value is -1.82. The highest BCUT2D eigenvalue weighted by Gasteiger charge is 2.23. The third kappa shape index (κ3) is 4.24. The number of rotatable bonds is 7. The first kappa shape index (κ1) is 18.0. The van der Waals surface area contributed by atoms with Gasteiger partial charge in [-0.3, -0.25) is 9.69 Å². The molecule has 0 bridgehead atoms. The first-order chi connectivity index (χ1) is 12.2. The average Bonchev–Trinajstić information content (AvgIpc) is 3.23. The van der Waals surface area contributed by atoms with Crippen molar-refractivity contribution in [3.8, 4) is 0 Å². The molecule has 2 aromatic rings. The highest BCUT2D eigenvalue weighted by Crippen LogP contribution is 2.26. The van der Waals surface area contributed by atoms with E-state index in [4.69, 9.17) is 0 Å². The Morgan fingerprint density at radius 3 is 3.08 bits per heavy atom. The van der Waals surface area contributed by atoms with E-state index in [1.54, 1.807) is 11.8 Å². The van der Waals surface area contributed by atoms with Gasteiger partial charge in [-0.25, -0.2) is 0 Å². The summed E-state index contributed by atoms with van der Waals surface area (Å²) in [4.78, 5) is 16.5. The summed E-state index contributed by atoms with van der Waals surface area (Å²) >= 11 is 1.62. The van der Waals surface area contributed by atoms with Crippen molar-refractivity contribution in [1.82, 2.24) is 9.88 Å². The molecule has 25 heavy (non-hydrogen) atoms. The van der Waals surface area contributed by atoms with E-state index in [1.807, 2.05) is 17.7 Å². The Balaban J connectivity index is 1.84. The molecule has 1 saturated heterocycles. The number of H-pyrrole nitrogens is 1. The quantitative estimate of drug-likeness (QED) is 0.452. The summed E-state index contributed by atoms with van der Waals surface area (Å²) in [6, 6.07) is 8.79. The molecule has 2 heterocycles. The van der Waals surface area contributed by atoms with Gasteiger partial charge >= 0.3 is 0 Å². The fraction of sp³-hybridized carbons (Fsp3) is 0.350. The van der Waals surface area contributed by atoms with Crippen molar-refractivity contribution in [1.29, 1.82) is 0 Å². The van der Waals surface area contributed by atoms with Gasteiger partial charge in [-0.15, -0.1) is 11.8 Å². The SMILES string of the molecule is CS/C=C(\C=C\C=O)c1ccc2[nH]c(CN3CCCC3CO)cc2c1. The normalized spacial score (nSPS) is 19.3. The van der Waals surface area contributed by atoms with Crippen LogP contribution in [0.1, 0.15) is 24.1 Å². The molecule has 1 atom stereocenters. The number of aliphatic hydroxyl groups is 1. The number of benzene rings is 1. The van der Waals surface area contributed by atoms with Crippen molar-refractivity contribution in [3.05, 3.63) is 53.1 Å². The second-order valence-corrected chi connectivity index (χ2v) is 7.06. The molecule has 0 aliphatic carbocycles. The van der Waals surface area contributed by atoms with Crippen molar-refractivity contribution in [3.63, 3.8) is 0 Å². The minimum Gasteiger partial charge on any atom is -0.395 e. The van der Waals surface area contributed by atoms with Crippen LogP contribution in [0.3, 0.4) is 0 Å². The third-order valence-corrected chi connectivity index (χ3v) is 5.18. The molecule has 3 rings (SSSR count). The molecule has 0 amide bonds. The van der Waals surface area contributed by atoms with Crippen LogP contribution in [-0.2, 0) is 11.3 Å². The molecule has 4 nitrogen and oxygen atoms in total. The van der Waals surface area contributed by atoms with Crippen LogP contribution >= 0.6 is 11.8 Å². The van der Waals surface area contributed by atoms with Gasteiger partial charge < -0.3 is 10.1 Å². The van der Waals surface area contributed by atoms with Crippen LogP contribution in [0.25, 0.3) is 16.5 Å². The van der Waals surface area contributed by atoms with Crippen LogP contribution in [0, 0.1) is 0 Å². The molecule has 1 aromatic carbocycles. The van der Waals surface area contributed by atoms with Crippen molar-refractivity contribution in [2.45, 2.75) is 25.4 Å². The van der Waals surface area contributed by atoms with Gasteiger partial charge in [-0.1, -0.05) is 12.1 Å². The number of aromatic amines is 1. The zero-order valence-electron chi connectivity index (χ0n) is 14.4. The molecule has 5 heteroatoms. The first-order valence-corrected chi connectivity index (χ1v) is 9.85. The number of nitrogens with zero attached hydrogens (tertiary/aromatic N) is 1. The summed E-state index contributed by atoms with van der Waals surface area (Å²) in [7, 11) is 0. The number of fused-ring (bicyclic) bond motifs is 1. The lowest BCUT2D eigenvalue weighted by Crippen LogP contribution is -2.31. The number of hydrogen-bond donors (Lipinski definition) is 2. The maximum atomic E-state index is 10.6. The van der Waals surface area contributed by atoms with Gasteiger partial charge in [-0.2, -0.15) is 0 Å². The van der Waals surface area contributed by atoms with Crippen molar-refractivity contribution < 1.29 is 9.90 Å². The molecule has 1 aliphatic heterocycles. The Bertz CT molecular complexity index is 794. The number of aliphatic hydroxyl groups excluding tert-OH is 1. The molecule has 0 radical (unpaired) electrons. The zero-order valence-corrected chi connectivity index (χ0v) is 15.3. The maximum absolute atomic E-state index is 10.6. The minimum absolute atomic E-state index is 0.232. The lowest BCUT2D eigenvalue weighted by molar-refractivity contribution is -0.104. The highest BCUT2D eigenvalue weighted by atomic mass is 32.2. The Morgan fingerprint density at radius 2 is 2.32 bits per heavy atom. The lowest BCUT2D eigenvalue weighted by atomic mass is 10.1. The number of thioether (sulfide) groups is 1. The van der Waals surface area contributed by atoms with Gasteiger partial charge in [0.05, 0.1) is 6.61 Å². The monoisotopic (exact) mass is 356 g/mol. The fourth-order valence-electron chi connectivity index (χ4n) is 3.46. The van der Waals surface area contributed by atoms with Gasteiger partial charge in [0.25, 0.3) is 0 Å². The fourth-order valence-corrected chi connectivity index (χ4v) is 3.93. The molecule has 1 aliphatic rings. The third-order valence-electron chi connectivity index (χ3n) is 4.69. The number of carbonyl (C=O) groups excluding carboxylic acids is 1. The highest BCUT2D eigenvalue weighted by molar-refractivity contribution is 8.01. The van der Waals surface area contributed by atoms with E-state index < -0.39 is 0 Å². The van der Waals surface area contributed by atoms with Gasteiger partial charge in [0.1, 0.15) is 6.29 Å². The van der Waals surface area contributed by atoms with E-state index in [0.717, 1.165) is 48.9 Å². The number of nitrogens with one attached hydrogen (secondary N) is 1. The van der Waals surface area contributed by atoms with Crippen LogP contribution in [-0.4, -0.2) is 46.7 Å². The minimum atomic E-state index is 0.232. The lowest BCUT2D eigenvalue weighted by Gasteiger charge is -2.21. The second-order valence-electron chi connectivity index (χ2n) is 6.35. The van der Waals surface area contributed by atoms with E-state index in [0.29, 0.717) is 0 Å². The summed E-state index contributed by atoms with van der Waals surface area (Å²) in [6.07, 6.45) is 8.41. The molecule has 2 N–H and O–H groups in total. The Kier molecular flexibility index (Phi) is 6.13. The maximum Gasteiger partial charge on any atom is 0.142 e. The summed E-state index contributed by atoms with van der Waals surface area (Å²) < 4.78 is 0. The van der Waals surface area contributed by atoms with Crippen LogP contribution < -0.4 is 0 Å². The van der Waals surface area contributed by atoms with Gasteiger partial charge in [0.15, 0.2) is 0 Å².